The van der Waals surface area contributed by atoms with Gasteiger partial charge in [0.25, 0.3) is 5.91 Å². The van der Waals surface area contributed by atoms with E-state index in [1.165, 1.54) is 58.0 Å². The Bertz CT molecular complexity index is 553. The summed E-state index contributed by atoms with van der Waals surface area (Å²) in [5.41, 5.74) is 0.799. The van der Waals surface area contributed by atoms with Crippen LogP contribution in [-0.4, -0.2) is 53.4 Å². The Morgan fingerprint density at radius 2 is 2.12 bits per heavy atom. The van der Waals surface area contributed by atoms with Crippen LogP contribution in [0.3, 0.4) is 0 Å². The molecule has 2 atom stereocenters. The molecule has 25 heavy (non-hydrogen) atoms. The van der Waals surface area contributed by atoms with Gasteiger partial charge in [-0.2, -0.15) is 5.10 Å². The molecule has 140 valence electrons. The van der Waals surface area contributed by atoms with Gasteiger partial charge in [0.1, 0.15) is 0 Å². The number of aromatic nitrogens is 2. The SMILES string of the molecule is CO[C@H](C(=O)NC[C@H]1CCCN1CC1CCCCC1)c1cnn(C)c1. The monoisotopic (exact) mass is 348 g/mol. The number of likely N-dealkylation sites (tertiary alicyclic amines) is 1. The summed E-state index contributed by atoms with van der Waals surface area (Å²) in [6.07, 6.45) is 12.3. The van der Waals surface area contributed by atoms with Crippen LogP contribution in [0.2, 0.25) is 0 Å². The fourth-order valence-electron chi connectivity index (χ4n) is 4.35. The van der Waals surface area contributed by atoms with E-state index in [1.54, 1.807) is 18.0 Å². The number of hydrogen-bond acceptors (Lipinski definition) is 4. The van der Waals surface area contributed by atoms with Gasteiger partial charge in [0, 0.05) is 45.0 Å². The Labute approximate surface area is 150 Å². The van der Waals surface area contributed by atoms with Crippen molar-refractivity contribution < 1.29 is 9.53 Å². The Balaban J connectivity index is 1.49. The number of nitrogens with zero attached hydrogens (tertiary/aromatic N) is 3. The molecule has 2 heterocycles. The lowest BCUT2D eigenvalue weighted by atomic mass is 9.89. The molecule has 1 saturated carbocycles. The maximum atomic E-state index is 12.5. The molecule has 2 aliphatic rings. The summed E-state index contributed by atoms with van der Waals surface area (Å²) in [7, 11) is 3.41. The van der Waals surface area contributed by atoms with E-state index in [1.807, 2.05) is 13.2 Å². The molecule has 0 bridgehead atoms. The second kappa shape index (κ2) is 8.81. The highest BCUT2D eigenvalue weighted by Crippen LogP contribution is 2.27. The molecular weight excluding hydrogens is 316 g/mol. The third-order valence-corrected chi connectivity index (χ3v) is 5.73. The molecule has 2 fully saturated rings. The molecular formula is C19H32N4O2. The van der Waals surface area contributed by atoms with Crippen molar-refractivity contribution in [2.24, 2.45) is 13.0 Å². The summed E-state index contributed by atoms with van der Waals surface area (Å²) in [6.45, 7) is 3.09. The van der Waals surface area contributed by atoms with Gasteiger partial charge in [0.05, 0.1) is 6.20 Å². The van der Waals surface area contributed by atoms with E-state index in [-0.39, 0.29) is 5.91 Å². The van der Waals surface area contributed by atoms with E-state index in [4.69, 9.17) is 4.74 Å². The van der Waals surface area contributed by atoms with Crippen LogP contribution in [0.5, 0.6) is 0 Å². The van der Waals surface area contributed by atoms with E-state index < -0.39 is 6.10 Å². The molecule has 1 amide bonds. The summed E-state index contributed by atoms with van der Waals surface area (Å²) >= 11 is 0. The summed E-state index contributed by atoms with van der Waals surface area (Å²) in [6, 6.07) is 0.470. The van der Waals surface area contributed by atoms with E-state index in [0.717, 1.165) is 11.5 Å². The second-order valence-electron chi connectivity index (χ2n) is 7.60. The zero-order valence-corrected chi connectivity index (χ0v) is 15.6. The molecule has 6 nitrogen and oxygen atoms in total. The lowest BCUT2D eigenvalue weighted by molar-refractivity contribution is -0.131. The number of nitrogens with one attached hydrogen (secondary N) is 1. The summed E-state index contributed by atoms with van der Waals surface area (Å²) in [5.74, 6) is 0.784. The molecule has 0 spiro atoms. The first-order chi connectivity index (χ1) is 12.2. The Hall–Kier alpha value is -1.40. The van der Waals surface area contributed by atoms with Crippen molar-refractivity contribution in [3.8, 4) is 0 Å². The number of carbonyl (C=O) groups is 1. The Morgan fingerprint density at radius 3 is 2.80 bits per heavy atom. The molecule has 1 aromatic heterocycles. The van der Waals surface area contributed by atoms with Gasteiger partial charge in [-0.25, -0.2) is 0 Å². The highest BCUT2D eigenvalue weighted by molar-refractivity contribution is 5.82. The smallest absolute Gasteiger partial charge is 0.253 e. The quantitative estimate of drug-likeness (QED) is 0.821. The number of ether oxygens (including phenoxy) is 1. The average Bonchev–Trinajstić information content (AvgIpc) is 3.24. The number of methoxy groups -OCH3 is 1. The summed E-state index contributed by atoms with van der Waals surface area (Å²) in [5, 5.41) is 7.24. The van der Waals surface area contributed by atoms with Crippen molar-refractivity contribution in [2.45, 2.75) is 57.1 Å². The fraction of sp³-hybridized carbons (Fsp3) is 0.789. The van der Waals surface area contributed by atoms with Crippen LogP contribution in [0.1, 0.15) is 56.6 Å². The molecule has 3 rings (SSSR count). The third kappa shape index (κ3) is 4.82. The topological polar surface area (TPSA) is 59.4 Å². The maximum absolute atomic E-state index is 12.5. The number of hydrogen-bond donors (Lipinski definition) is 1. The summed E-state index contributed by atoms with van der Waals surface area (Å²) in [4.78, 5) is 15.1. The maximum Gasteiger partial charge on any atom is 0.253 e. The van der Waals surface area contributed by atoms with Crippen molar-refractivity contribution >= 4 is 5.91 Å². The first kappa shape index (κ1) is 18.4. The van der Waals surface area contributed by atoms with Crippen LogP contribution < -0.4 is 5.32 Å². The number of carbonyl (C=O) groups excluding carboxylic acids is 1. The minimum Gasteiger partial charge on any atom is -0.367 e. The van der Waals surface area contributed by atoms with E-state index in [2.05, 4.69) is 15.3 Å². The molecule has 1 aliphatic heterocycles. The highest BCUT2D eigenvalue weighted by Gasteiger charge is 2.29. The van der Waals surface area contributed by atoms with Gasteiger partial charge < -0.3 is 10.1 Å². The minimum atomic E-state index is -0.582. The Kier molecular flexibility index (Phi) is 6.48. The van der Waals surface area contributed by atoms with Crippen LogP contribution in [0, 0.1) is 5.92 Å². The highest BCUT2D eigenvalue weighted by atomic mass is 16.5. The van der Waals surface area contributed by atoms with Crippen molar-refractivity contribution in [2.75, 3.05) is 26.7 Å². The van der Waals surface area contributed by atoms with Crippen LogP contribution in [0.25, 0.3) is 0 Å². The molecule has 1 aromatic rings. The number of amides is 1. The van der Waals surface area contributed by atoms with Crippen molar-refractivity contribution in [1.29, 1.82) is 0 Å². The minimum absolute atomic E-state index is 0.0694. The predicted octanol–water partition coefficient (Wildman–Crippen LogP) is 2.27. The van der Waals surface area contributed by atoms with E-state index in [0.29, 0.717) is 12.6 Å². The lowest BCUT2D eigenvalue weighted by Gasteiger charge is -2.31. The first-order valence-electron chi connectivity index (χ1n) is 9.70. The zero-order valence-electron chi connectivity index (χ0n) is 15.6. The normalized spacial score (nSPS) is 23.7. The molecule has 1 N–H and O–H groups in total. The standard InChI is InChI=1S/C19H32N4O2/c1-22-14-16(11-21-22)18(25-2)19(24)20-12-17-9-6-10-23(17)13-15-7-4-3-5-8-15/h11,14-15,17-18H,3-10,12-13H2,1-2H3,(H,20,24)/t17-,18+/m1/s1. The summed E-state index contributed by atoms with van der Waals surface area (Å²) < 4.78 is 7.09. The molecule has 0 unspecified atom stereocenters. The van der Waals surface area contributed by atoms with Crippen LogP contribution >= 0.6 is 0 Å². The van der Waals surface area contributed by atoms with Crippen LogP contribution in [-0.2, 0) is 16.6 Å². The van der Waals surface area contributed by atoms with E-state index in [9.17, 15) is 4.79 Å². The molecule has 6 heteroatoms. The second-order valence-corrected chi connectivity index (χ2v) is 7.60. The van der Waals surface area contributed by atoms with Gasteiger partial charge in [0.2, 0.25) is 0 Å². The zero-order chi connectivity index (χ0) is 17.6. The molecule has 0 radical (unpaired) electrons. The number of rotatable bonds is 7. The van der Waals surface area contributed by atoms with Gasteiger partial charge in [-0.05, 0) is 38.1 Å². The van der Waals surface area contributed by atoms with Gasteiger partial charge in [-0.15, -0.1) is 0 Å². The predicted molar refractivity (Wildman–Crippen MR) is 97.1 cm³/mol. The van der Waals surface area contributed by atoms with Gasteiger partial charge in [-0.1, -0.05) is 19.3 Å². The molecule has 0 aromatic carbocycles. The van der Waals surface area contributed by atoms with Gasteiger partial charge in [-0.3, -0.25) is 14.4 Å². The van der Waals surface area contributed by atoms with E-state index >= 15 is 0 Å². The number of aryl methyl sites for hydroxylation is 1. The largest absolute Gasteiger partial charge is 0.367 e. The Morgan fingerprint density at radius 1 is 1.32 bits per heavy atom. The molecule has 1 aliphatic carbocycles. The third-order valence-electron chi connectivity index (χ3n) is 5.73. The molecule has 1 saturated heterocycles. The van der Waals surface area contributed by atoms with Crippen molar-refractivity contribution in [3.63, 3.8) is 0 Å². The first-order valence-corrected chi connectivity index (χ1v) is 9.70. The van der Waals surface area contributed by atoms with Crippen LogP contribution in [0.15, 0.2) is 12.4 Å². The van der Waals surface area contributed by atoms with Crippen molar-refractivity contribution in [3.05, 3.63) is 18.0 Å². The average molecular weight is 348 g/mol. The van der Waals surface area contributed by atoms with Crippen molar-refractivity contribution in [1.82, 2.24) is 20.0 Å². The fourth-order valence-corrected chi connectivity index (χ4v) is 4.35. The van der Waals surface area contributed by atoms with Gasteiger partial charge >= 0.3 is 0 Å². The lowest BCUT2D eigenvalue weighted by Crippen LogP contribution is -2.43. The van der Waals surface area contributed by atoms with Crippen LogP contribution in [0.4, 0.5) is 0 Å². The van der Waals surface area contributed by atoms with Gasteiger partial charge in [0.15, 0.2) is 6.10 Å².